The van der Waals surface area contributed by atoms with Crippen molar-refractivity contribution in [3.8, 4) is 5.69 Å². The van der Waals surface area contributed by atoms with E-state index in [4.69, 9.17) is 5.73 Å². The molecule has 8 nitrogen and oxygen atoms in total. The van der Waals surface area contributed by atoms with E-state index in [0.29, 0.717) is 11.4 Å². The number of hydrogen-bond acceptors (Lipinski definition) is 5. The van der Waals surface area contributed by atoms with Crippen LogP contribution in [0.3, 0.4) is 0 Å². The maximum atomic E-state index is 12.4. The van der Waals surface area contributed by atoms with Gasteiger partial charge in [-0.1, -0.05) is 12.1 Å². The summed E-state index contributed by atoms with van der Waals surface area (Å²) in [4.78, 5) is 47.2. The maximum absolute atomic E-state index is 12.4. The molecule has 0 unspecified atom stereocenters. The first kappa shape index (κ1) is 14.5. The van der Waals surface area contributed by atoms with Gasteiger partial charge in [0, 0.05) is 13.0 Å². The smallest absolute Gasteiger partial charge is 0.262 e. The number of imide groups is 1. The van der Waals surface area contributed by atoms with Gasteiger partial charge in [-0.2, -0.15) is 0 Å². The van der Waals surface area contributed by atoms with Gasteiger partial charge in [-0.3, -0.25) is 29.1 Å². The molecule has 1 aromatic heterocycles. The molecule has 0 saturated heterocycles. The van der Waals surface area contributed by atoms with Crippen LogP contribution in [0.4, 0.5) is 11.5 Å². The molecule has 0 bridgehead atoms. The minimum absolute atomic E-state index is 0.0489. The summed E-state index contributed by atoms with van der Waals surface area (Å²) in [6.45, 7) is 1.33. The summed E-state index contributed by atoms with van der Waals surface area (Å²) < 4.78 is 1.09. The summed E-state index contributed by atoms with van der Waals surface area (Å²) in [6, 6.07) is 7.56. The van der Waals surface area contributed by atoms with Crippen LogP contribution in [-0.4, -0.2) is 22.3 Å². The Morgan fingerprint density at radius 2 is 1.87 bits per heavy atom. The van der Waals surface area contributed by atoms with E-state index < -0.39 is 17.4 Å². The number of pyridine rings is 1. The Kier molecular flexibility index (Phi) is 3.21. The van der Waals surface area contributed by atoms with Crippen molar-refractivity contribution in [1.29, 1.82) is 0 Å². The van der Waals surface area contributed by atoms with E-state index in [0.717, 1.165) is 10.6 Å². The fourth-order valence-corrected chi connectivity index (χ4v) is 2.49. The van der Waals surface area contributed by atoms with E-state index >= 15 is 0 Å². The summed E-state index contributed by atoms with van der Waals surface area (Å²) in [6.07, 6.45) is 0. The van der Waals surface area contributed by atoms with E-state index in [9.17, 15) is 19.2 Å². The summed E-state index contributed by atoms with van der Waals surface area (Å²) >= 11 is 0. The molecule has 1 aromatic carbocycles. The molecule has 4 N–H and O–H groups in total. The van der Waals surface area contributed by atoms with Crippen LogP contribution in [0.1, 0.15) is 27.6 Å². The fraction of sp³-hybridized carbons (Fsp3) is 0.0667. The molecule has 0 fully saturated rings. The van der Waals surface area contributed by atoms with Gasteiger partial charge < -0.3 is 11.1 Å². The molecule has 0 atom stereocenters. The largest absolute Gasteiger partial charge is 0.384 e. The molecule has 0 saturated carbocycles. The highest BCUT2D eigenvalue weighted by molar-refractivity contribution is 6.23. The third-order valence-corrected chi connectivity index (χ3v) is 3.41. The average Bonchev–Trinajstić information content (AvgIpc) is 2.75. The molecule has 0 radical (unpaired) electrons. The molecule has 116 valence electrons. The second-order valence-electron chi connectivity index (χ2n) is 4.97. The first-order valence-electron chi connectivity index (χ1n) is 6.68. The molecule has 3 rings (SSSR count). The number of amides is 3. The number of aromatic nitrogens is 1. The summed E-state index contributed by atoms with van der Waals surface area (Å²) in [5.74, 6) is -1.80. The van der Waals surface area contributed by atoms with Gasteiger partial charge in [0.25, 0.3) is 17.4 Å². The van der Waals surface area contributed by atoms with Gasteiger partial charge in [0.15, 0.2) is 0 Å². The van der Waals surface area contributed by atoms with Crippen LogP contribution >= 0.6 is 0 Å². The number of hydrogen-bond donors (Lipinski definition) is 3. The first-order valence-corrected chi connectivity index (χ1v) is 6.68. The van der Waals surface area contributed by atoms with Gasteiger partial charge in [-0.25, -0.2) is 0 Å². The number of fused-ring (bicyclic) bond motifs is 1. The van der Waals surface area contributed by atoms with Gasteiger partial charge in [0.05, 0.1) is 22.5 Å². The summed E-state index contributed by atoms with van der Waals surface area (Å²) in [7, 11) is 0. The van der Waals surface area contributed by atoms with Crippen LogP contribution in [0.2, 0.25) is 0 Å². The normalized spacial score (nSPS) is 12.7. The molecule has 1 aliphatic rings. The predicted molar refractivity (Wildman–Crippen MR) is 82.6 cm³/mol. The zero-order chi connectivity index (χ0) is 16.7. The van der Waals surface area contributed by atoms with Crippen molar-refractivity contribution < 1.29 is 14.4 Å². The molecule has 0 aliphatic carbocycles. The number of nitrogens with two attached hydrogens (primary N) is 1. The lowest BCUT2D eigenvalue weighted by atomic mass is 10.1. The third kappa shape index (κ3) is 2.26. The molecule has 2 heterocycles. The second-order valence-corrected chi connectivity index (χ2v) is 4.97. The topological polar surface area (TPSA) is 123 Å². The maximum Gasteiger partial charge on any atom is 0.262 e. The van der Waals surface area contributed by atoms with Crippen molar-refractivity contribution in [3.63, 3.8) is 0 Å². The summed E-state index contributed by atoms with van der Waals surface area (Å²) in [5, 5.41) is 4.69. The molecule has 1 aliphatic heterocycles. The van der Waals surface area contributed by atoms with Crippen LogP contribution in [-0.2, 0) is 4.79 Å². The highest BCUT2D eigenvalue weighted by Crippen LogP contribution is 2.26. The van der Waals surface area contributed by atoms with E-state index in [2.05, 4.69) is 10.6 Å². The van der Waals surface area contributed by atoms with Gasteiger partial charge in [-0.15, -0.1) is 0 Å². The van der Waals surface area contributed by atoms with E-state index in [1.54, 1.807) is 24.3 Å². The molecule has 8 heteroatoms. The van der Waals surface area contributed by atoms with E-state index in [1.807, 2.05) is 0 Å². The molecule has 23 heavy (non-hydrogen) atoms. The highest BCUT2D eigenvalue weighted by atomic mass is 16.2. The zero-order valence-corrected chi connectivity index (χ0v) is 12.0. The summed E-state index contributed by atoms with van der Waals surface area (Å²) in [5.41, 5.74) is 5.94. The van der Waals surface area contributed by atoms with Crippen LogP contribution in [0.5, 0.6) is 0 Å². The van der Waals surface area contributed by atoms with Gasteiger partial charge >= 0.3 is 0 Å². The van der Waals surface area contributed by atoms with Crippen molar-refractivity contribution in [1.82, 2.24) is 9.88 Å². The van der Waals surface area contributed by atoms with Crippen molar-refractivity contribution in [3.05, 3.63) is 51.8 Å². The van der Waals surface area contributed by atoms with E-state index in [1.165, 1.54) is 6.92 Å². The predicted octanol–water partition coefficient (Wildman–Crippen LogP) is 0.262. The molecule has 2 aromatic rings. The molecule has 0 spiro atoms. The number of anilines is 2. The Morgan fingerprint density at radius 3 is 2.57 bits per heavy atom. The Balaban J connectivity index is 2.30. The van der Waals surface area contributed by atoms with E-state index in [-0.39, 0.29) is 22.9 Å². The lowest BCUT2D eigenvalue weighted by Crippen LogP contribution is -2.25. The number of para-hydroxylation sites is 2. The molecular formula is C15H12N4O4. The quantitative estimate of drug-likeness (QED) is 0.686. The number of nitrogens with one attached hydrogen (secondary N) is 2. The number of benzene rings is 1. The Hall–Kier alpha value is -3.42. The van der Waals surface area contributed by atoms with Crippen LogP contribution < -0.4 is 21.9 Å². The van der Waals surface area contributed by atoms with Crippen molar-refractivity contribution in [2.45, 2.75) is 6.92 Å². The Morgan fingerprint density at radius 1 is 1.17 bits per heavy atom. The number of carbonyl (C=O) groups excluding carboxylic acids is 3. The number of carbonyl (C=O) groups is 3. The standard InChI is InChI=1S/C15H12N4O4/c1-7(20)17-9-4-2-3-5-10(9)19-11(21)6-8-12(13(19)16)15(23)18-14(8)22/h2-6H,16H2,1H3,(H,17,20)(H,18,22,23). The van der Waals surface area contributed by atoms with Crippen LogP contribution in [0.15, 0.2) is 35.1 Å². The second kappa shape index (κ2) is 5.09. The van der Waals surface area contributed by atoms with Crippen molar-refractivity contribution in [2.24, 2.45) is 0 Å². The average molecular weight is 312 g/mol. The lowest BCUT2D eigenvalue weighted by molar-refractivity contribution is -0.114. The first-order chi connectivity index (χ1) is 10.9. The van der Waals surface area contributed by atoms with Crippen LogP contribution in [0, 0.1) is 0 Å². The Bertz CT molecular complexity index is 930. The highest BCUT2D eigenvalue weighted by Gasteiger charge is 2.32. The number of nitrogen functional groups attached to an aromatic ring is 1. The fourth-order valence-electron chi connectivity index (χ4n) is 2.49. The van der Waals surface area contributed by atoms with Gasteiger partial charge in [0.1, 0.15) is 5.82 Å². The van der Waals surface area contributed by atoms with Crippen LogP contribution in [0.25, 0.3) is 5.69 Å². The zero-order valence-electron chi connectivity index (χ0n) is 12.0. The lowest BCUT2D eigenvalue weighted by Gasteiger charge is -2.15. The third-order valence-electron chi connectivity index (χ3n) is 3.41. The molecule has 3 amide bonds. The minimum Gasteiger partial charge on any atom is -0.384 e. The number of nitrogens with zero attached hydrogens (tertiary/aromatic N) is 1. The monoisotopic (exact) mass is 312 g/mol. The molecular weight excluding hydrogens is 300 g/mol. The Labute approximate surface area is 129 Å². The number of rotatable bonds is 2. The van der Waals surface area contributed by atoms with Crippen molar-refractivity contribution in [2.75, 3.05) is 11.1 Å². The van der Waals surface area contributed by atoms with Crippen molar-refractivity contribution >= 4 is 29.2 Å². The van der Waals surface area contributed by atoms with Gasteiger partial charge in [0.2, 0.25) is 5.91 Å². The SMILES string of the molecule is CC(=O)Nc1ccccc1-n1c(N)c2c(cc1=O)C(=O)NC2=O. The minimum atomic E-state index is -0.659. The van der Waals surface area contributed by atoms with Gasteiger partial charge in [-0.05, 0) is 12.1 Å².